The van der Waals surface area contributed by atoms with Crippen molar-refractivity contribution in [1.82, 2.24) is 4.72 Å². The van der Waals surface area contributed by atoms with Crippen molar-refractivity contribution in [1.29, 1.82) is 0 Å². The molecule has 1 fully saturated rings. The first-order valence-corrected chi connectivity index (χ1v) is 8.33. The highest BCUT2D eigenvalue weighted by atomic mass is 32.2. The van der Waals surface area contributed by atoms with Crippen LogP contribution in [0.15, 0.2) is 0 Å². The molecule has 0 saturated heterocycles. The number of hydrogen-bond donors (Lipinski definition) is 2. The van der Waals surface area contributed by atoms with Crippen LogP contribution in [-0.2, 0) is 10.0 Å². The van der Waals surface area contributed by atoms with Gasteiger partial charge in [0.25, 0.3) is 0 Å². The Morgan fingerprint density at radius 3 is 2.71 bits per heavy atom. The molecular formula is C12H25NO3S. The van der Waals surface area contributed by atoms with Crippen LogP contribution in [0.1, 0.15) is 51.9 Å². The summed E-state index contributed by atoms with van der Waals surface area (Å²) in [6, 6.07) is 0.132. The minimum Gasteiger partial charge on any atom is -0.396 e. The minimum absolute atomic E-state index is 0.0663. The number of aliphatic hydroxyl groups is 1. The highest BCUT2D eigenvalue weighted by Crippen LogP contribution is 2.26. The van der Waals surface area contributed by atoms with E-state index in [0.29, 0.717) is 18.8 Å². The molecule has 0 heterocycles. The normalized spacial score (nSPS) is 26.0. The van der Waals surface area contributed by atoms with Crippen LogP contribution in [0, 0.1) is 5.92 Å². The topological polar surface area (TPSA) is 66.4 Å². The second kappa shape index (κ2) is 7.34. The standard InChI is InChI=1S/C12H25NO3S/c1-2-11-6-5-7-12(10-11)13-17(15,16)9-4-3-8-14/h11-14H,2-10H2,1H3. The Bertz CT molecular complexity index is 303. The summed E-state index contributed by atoms with van der Waals surface area (Å²) in [5.41, 5.74) is 0. The molecule has 1 aliphatic rings. The molecule has 1 saturated carbocycles. The summed E-state index contributed by atoms with van der Waals surface area (Å²) in [5.74, 6) is 0.815. The predicted octanol–water partition coefficient (Wildman–Crippen LogP) is 1.65. The number of aliphatic hydroxyl groups excluding tert-OH is 1. The first kappa shape index (κ1) is 14.9. The SMILES string of the molecule is CCC1CCCC(NS(=O)(=O)CCCCO)C1. The highest BCUT2D eigenvalue weighted by molar-refractivity contribution is 7.89. The molecule has 2 unspecified atom stereocenters. The molecule has 17 heavy (non-hydrogen) atoms. The first-order chi connectivity index (χ1) is 8.07. The smallest absolute Gasteiger partial charge is 0.211 e. The fourth-order valence-corrected chi connectivity index (χ4v) is 3.91. The summed E-state index contributed by atoms with van der Waals surface area (Å²) in [5, 5.41) is 8.64. The van der Waals surface area contributed by atoms with Gasteiger partial charge in [0, 0.05) is 12.6 Å². The summed E-state index contributed by atoms with van der Waals surface area (Å²) < 4.78 is 26.4. The van der Waals surface area contributed by atoms with Crippen LogP contribution in [-0.4, -0.2) is 31.9 Å². The Hall–Kier alpha value is -0.130. The quantitative estimate of drug-likeness (QED) is 0.686. The zero-order chi connectivity index (χ0) is 12.7. The monoisotopic (exact) mass is 263 g/mol. The van der Waals surface area contributed by atoms with E-state index in [-0.39, 0.29) is 18.4 Å². The van der Waals surface area contributed by atoms with Gasteiger partial charge >= 0.3 is 0 Å². The van der Waals surface area contributed by atoms with Gasteiger partial charge in [-0.3, -0.25) is 0 Å². The van der Waals surface area contributed by atoms with Crippen LogP contribution in [0.3, 0.4) is 0 Å². The van der Waals surface area contributed by atoms with Gasteiger partial charge in [-0.25, -0.2) is 13.1 Å². The van der Waals surface area contributed by atoms with E-state index in [1.54, 1.807) is 0 Å². The Morgan fingerprint density at radius 2 is 2.06 bits per heavy atom. The molecule has 0 aromatic heterocycles. The molecule has 0 radical (unpaired) electrons. The van der Waals surface area contributed by atoms with Crippen LogP contribution >= 0.6 is 0 Å². The molecule has 0 aromatic rings. The van der Waals surface area contributed by atoms with E-state index in [0.717, 1.165) is 25.7 Å². The molecule has 0 spiro atoms. The number of rotatable bonds is 7. The number of unbranched alkanes of at least 4 members (excludes halogenated alkanes) is 1. The molecular weight excluding hydrogens is 238 g/mol. The van der Waals surface area contributed by atoms with Gasteiger partial charge in [-0.15, -0.1) is 0 Å². The average Bonchev–Trinajstić information content (AvgIpc) is 2.29. The fraction of sp³-hybridized carbons (Fsp3) is 1.00. The molecule has 1 rings (SSSR count). The van der Waals surface area contributed by atoms with E-state index in [4.69, 9.17) is 5.11 Å². The summed E-state index contributed by atoms with van der Waals surface area (Å²) in [7, 11) is -3.15. The molecule has 0 aromatic carbocycles. The van der Waals surface area contributed by atoms with E-state index in [9.17, 15) is 8.42 Å². The third kappa shape index (κ3) is 5.84. The van der Waals surface area contributed by atoms with Crippen molar-refractivity contribution in [3.8, 4) is 0 Å². The van der Waals surface area contributed by atoms with Crippen molar-refractivity contribution in [2.24, 2.45) is 5.92 Å². The molecule has 4 nitrogen and oxygen atoms in total. The van der Waals surface area contributed by atoms with Crippen molar-refractivity contribution in [2.45, 2.75) is 57.9 Å². The zero-order valence-corrected chi connectivity index (χ0v) is 11.5. The third-order valence-corrected chi connectivity index (χ3v) is 5.05. The van der Waals surface area contributed by atoms with Gasteiger partial charge in [0.15, 0.2) is 0 Å². The molecule has 2 N–H and O–H groups in total. The number of sulfonamides is 1. The van der Waals surface area contributed by atoms with Crippen LogP contribution in [0.2, 0.25) is 0 Å². The Balaban J connectivity index is 2.36. The van der Waals surface area contributed by atoms with Crippen molar-refractivity contribution >= 4 is 10.0 Å². The Morgan fingerprint density at radius 1 is 1.29 bits per heavy atom. The Labute approximate surface area is 105 Å². The second-order valence-electron chi connectivity index (χ2n) is 5.01. The maximum absolute atomic E-state index is 11.8. The van der Waals surface area contributed by atoms with Gasteiger partial charge in [-0.1, -0.05) is 26.2 Å². The lowest BCUT2D eigenvalue weighted by molar-refractivity contribution is 0.286. The first-order valence-electron chi connectivity index (χ1n) is 6.68. The lowest BCUT2D eigenvalue weighted by Crippen LogP contribution is -2.39. The van der Waals surface area contributed by atoms with Crippen LogP contribution in [0.5, 0.6) is 0 Å². The van der Waals surface area contributed by atoms with Crippen LogP contribution in [0.25, 0.3) is 0 Å². The van der Waals surface area contributed by atoms with Gasteiger partial charge < -0.3 is 5.11 Å². The molecule has 5 heteroatoms. The van der Waals surface area contributed by atoms with Crippen molar-refractivity contribution in [3.63, 3.8) is 0 Å². The minimum atomic E-state index is -3.15. The number of hydrogen-bond acceptors (Lipinski definition) is 3. The van der Waals surface area contributed by atoms with E-state index in [1.807, 2.05) is 0 Å². The molecule has 0 amide bonds. The Kier molecular flexibility index (Phi) is 6.44. The van der Waals surface area contributed by atoms with E-state index >= 15 is 0 Å². The predicted molar refractivity (Wildman–Crippen MR) is 69.3 cm³/mol. The maximum Gasteiger partial charge on any atom is 0.211 e. The summed E-state index contributed by atoms with van der Waals surface area (Å²) in [4.78, 5) is 0. The zero-order valence-electron chi connectivity index (χ0n) is 10.7. The molecule has 0 aliphatic heterocycles. The second-order valence-corrected chi connectivity index (χ2v) is 6.88. The van der Waals surface area contributed by atoms with E-state index < -0.39 is 10.0 Å². The highest BCUT2D eigenvalue weighted by Gasteiger charge is 2.24. The molecule has 1 aliphatic carbocycles. The summed E-state index contributed by atoms with van der Waals surface area (Å²) in [6.07, 6.45) is 6.55. The van der Waals surface area contributed by atoms with Crippen LogP contribution < -0.4 is 4.72 Å². The van der Waals surface area contributed by atoms with Gasteiger partial charge in [0.05, 0.1) is 5.75 Å². The lowest BCUT2D eigenvalue weighted by atomic mass is 9.85. The molecule has 0 bridgehead atoms. The molecule has 2 atom stereocenters. The van der Waals surface area contributed by atoms with Gasteiger partial charge in [-0.05, 0) is 31.6 Å². The van der Waals surface area contributed by atoms with Crippen molar-refractivity contribution < 1.29 is 13.5 Å². The third-order valence-electron chi connectivity index (χ3n) is 3.53. The molecule has 102 valence electrons. The van der Waals surface area contributed by atoms with Crippen molar-refractivity contribution in [2.75, 3.05) is 12.4 Å². The van der Waals surface area contributed by atoms with Crippen molar-refractivity contribution in [3.05, 3.63) is 0 Å². The fourth-order valence-electron chi connectivity index (χ4n) is 2.49. The van der Waals surface area contributed by atoms with E-state index in [1.165, 1.54) is 6.42 Å². The summed E-state index contributed by atoms with van der Waals surface area (Å²) >= 11 is 0. The average molecular weight is 263 g/mol. The lowest BCUT2D eigenvalue weighted by Gasteiger charge is -2.28. The van der Waals surface area contributed by atoms with E-state index in [2.05, 4.69) is 11.6 Å². The number of nitrogens with one attached hydrogen (secondary N) is 1. The van der Waals surface area contributed by atoms with Gasteiger partial charge in [0.2, 0.25) is 10.0 Å². The largest absolute Gasteiger partial charge is 0.396 e. The summed E-state index contributed by atoms with van der Waals surface area (Å²) in [6.45, 7) is 2.24. The van der Waals surface area contributed by atoms with Crippen LogP contribution in [0.4, 0.5) is 0 Å². The maximum atomic E-state index is 11.8. The van der Waals surface area contributed by atoms with Gasteiger partial charge in [-0.2, -0.15) is 0 Å². The van der Waals surface area contributed by atoms with Gasteiger partial charge in [0.1, 0.15) is 0 Å².